The molecule has 0 saturated carbocycles. The van der Waals surface area contributed by atoms with Gasteiger partial charge in [-0.2, -0.15) is 0 Å². The van der Waals surface area contributed by atoms with Crippen molar-refractivity contribution in [1.29, 1.82) is 0 Å². The monoisotopic (exact) mass is 319 g/mol. The summed E-state index contributed by atoms with van der Waals surface area (Å²) in [6.45, 7) is 1.41. The van der Waals surface area contributed by atoms with Crippen molar-refractivity contribution in [3.8, 4) is 0 Å². The standard InChI is InChI=1S/C17H15Cl2NO/c18-15-6-3-7-16(19)14(15)10-17(21)20-9-8-12-4-1-2-5-13(12)11-20/h1-7H,8-11H2. The fourth-order valence-electron chi connectivity index (χ4n) is 2.67. The highest BCUT2D eigenvalue weighted by Gasteiger charge is 2.21. The number of halogens is 2. The van der Waals surface area contributed by atoms with Crippen LogP contribution in [0.25, 0.3) is 0 Å². The van der Waals surface area contributed by atoms with Crippen molar-refractivity contribution in [2.75, 3.05) is 6.54 Å². The van der Waals surface area contributed by atoms with Gasteiger partial charge in [-0.15, -0.1) is 0 Å². The molecule has 1 aliphatic heterocycles. The zero-order valence-electron chi connectivity index (χ0n) is 11.5. The van der Waals surface area contributed by atoms with Gasteiger partial charge in [0.25, 0.3) is 0 Å². The third kappa shape index (κ3) is 3.07. The molecular weight excluding hydrogens is 305 g/mol. The number of hydrogen-bond donors (Lipinski definition) is 0. The van der Waals surface area contributed by atoms with Crippen LogP contribution < -0.4 is 0 Å². The predicted octanol–water partition coefficient (Wildman–Crippen LogP) is 4.12. The van der Waals surface area contributed by atoms with Crippen molar-refractivity contribution >= 4 is 29.1 Å². The third-order valence-corrected chi connectivity index (χ3v) is 4.58. The number of hydrogen-bond acceptors (Lipinski definition) is 1. The second-order valence-electron chi connectivity index (χ2n) is 5.21. The van der Waals surface area contributed by atoms with Crippen LogP contribution in [0.2, 0.25) is 10.0 Å². The molecule has 0 unspecified atom stereocenters. The minimum Gasteiger partial charge on any atom is -0.338 e. The SMILES string of the molecule is O=C(Cc1c(Cl)cccc1Cl)N1CCc2ccccc2C1. The van der Waals surface area contributed by atoms with Crippen LogP contribution in [-0.4, -0.2) is 17.4 Å². The van der Waals surface area contributed by atoms with Crippen LogP contribution >= 0.6 is 23.2 Å². The molecular formula is C17H15Cl2NO. The molecule has 3 rings (SSSR count). The lowest BCUT2D eigenvalue weighted by molar-refractivity contribution is -0.131. The first-order chi connectivity index (χ1) is 10.1. The molecule has 2 aromatic carbocycles. The number of fused-ring (bicyclic) bond motifs is 1. The van der Waals surface area contributed by atoms with E-state index >= 15 is 0 Å². The third-order valence-electron chi connectivity index (χ3n) is 3.87. The number of amides is 1. The molecule has 1 aliphatic rings. The minimum atomic E-state index is 0.0690. The molecule has 0 aliphatic carbocycles. The highest BCUT2D eigenvalue weighted by molar-refractivity contribution is 6.36. The van der Waals surface area contributed by atoms with Crippen molar-refractivity contribution < 1.29 is 4.79 Å². The summed E-state index contributed by atoms with van der Waals surface area (Å²) in [6, 6.07) is 13.6. The fourth-order valence-corrected chi connectivity index (χ4v) is 3.20. The van der Waals surface area contributed by atoms with E-state index < -0.39 is 0 Å². The Bertz CT molecular complexity index is 664. The van der Waals surface area contributed by atoms with Crippen LogP contribution in [0.15, 0.2) is 42.5 Å². The molecule has 2 nitrogen and oxygen atoms in total. The zero-order chi connectivity index (χ0) is 14.8. The van der Waals surface area contributed by atoms with Crippen LogP contribution in [0.4, 0.5) is 0 Å². The van der Waals surface area contributed by atoms with E-state index in [2.05, 4.69) is 12.1 Å². The summed E-state index contributed by atoms with van der Waals surface area (Å²) < 4.78 is 0. The lowest BCUT2D eigenvalue weighted by atomic mass is 9.99. The topological polar surface area (TPSA) is 20.3 Å². The van der Waals surface area contributed by atoms with Gasteiger partial charge in [0.2, 0.25) is 5.91 Å². The van der Waals surface area contributed by atoms with E-state index in [-0.39, 0.29) is 12.3 Å². The predicted molar refractivity (Wildman–Crippen MR) is 85.7 cm³/mol. The molecule has 1 amide bonds. The summed E-state index contributed by atoms with van der Waals surface area (Å²) in [7, 11) is 0. The second-order valence-corrected chi connectivity index (χ2v) is 6.03. The van der Waals surface area contributed by atoms with E-state index in [1.165, 1.54) is 11.1 Å². The van der Waals surface area contributed by atoms with Crippen molar-refractivity contribution in [3.05, 3.63) is 69.2 Å². The Hall–Kier alpha value is -1.51. The quantitative estimate of drug-likeness (QED) is 0.815. The first-order valence-corrected chi connectivity index (χ1v) is 7.68. The number of carbonyl (C=O) groups excluding carboxylic acids is 1. The van der Waals surface area contributed by atoms with Gasteiger partial charge in [0.05, 0.1) is 6.42 Å². The van der Waals surface area contributed by atoms with Gasteiger partial charge >= 0.3 is 0 Å². The van der Waals surface area contributed by atoms with Gasteiger partial charge in [-0.1, -0.05) is 53.5 Å². The Morgan fingerprint density at radius 2 is 1.67 bits per heavy atom. The van der Waals surface area contributed by atoms with Gasteiger partial charge in [-0.3, -0.25) is 4.79 Å². The molecule has 0 aromatic heterocycles. The molecule has 108 valence electrons. The maximum atomic E-state index is 12.5. The minimum absolute atomic E-state index is 0.0690. The van der Waals surface area contributed by atoms with Crippen molar-refractivity contribution in [1.82, 2.24) is 4.90 Å². The molecule has 21 heavy (non-hydrogen) atoms. The van der Waals surface area contributed by atoms with Crippen LogP contribution in [0.5, 0.6) is 0 Å². The largest absolute Gasteiger partial charge is 0.338 e. The van der Waals surface area contributed by atoms with Gasteiger partial charge < -0.3 is 4.90 Å². The van der Waals surface area contributed by atoms with E-state index in [0.717, 1.165) is 13.0 Å². The smallest absolute Gasteiger partial charge is 0.227 e. The first-order valence-electron chi connectivity index (χ1n) is 6.92. The first kappa shape index (κ1) is 14.4. The van der Waals surface area contributed by atoms with E-state index in [9.17, 15) is 4.79 Å². The Balaban J connectivity index is 1.76. The summed E-state index contributed by atoms with van der Waals surface area (Å²) >= 11 is 12.3. The summed E-state index contributed by atoms with van der Waals surface area (Å²) in [5.74, 6) is 0.0690. The van der Waals surface area contributed by atoms with Gasteiger partial charge in [0.1, 0.15) is 0 Å². The molecule has 4 heteroatoms. The summed E-state index contributed by atoms with van der Waals surface area (Å²) in [5, 5.41) is 1.10. The number of benzene rings is 2. The summed E-state index contributed by atoms with van der Waals surface area (Å²) in [4.78, 5) is 14.4. The average molecular weight is 320 g/mol. The van der Waals surface area contributed by atoms with Gasteiger partial charge in [0.15, 0.2) is 0 Å². The van der Waals surface area contributed by atoms with Crippen LogP contribution in [0, 0.1) is 0 Å². The molecule has 0 fully saturated rings. The zero-order valence-corrected chi connectivity index (χ0v) is 13.0. The van der Waals surface area contributed by atoms with Gasteiger partial charge in [-0.05, 0) is 35.2 Å². The van der Waals surface area contributed by atoms with Crippen molar-refractivity contribution in [3.63, 3.8) is 0 Å². The highest BCUT2D eigenvalue weighted by Crippen LogP contribution is 2.26. The van der Waals surface area contributed by atoms with Crippen molar-refractivity contribution in [2.24, 2.45) is 0 Å². The number of carbonyl (C=O) groups is 1. The maximum absolute atomic E-state index is 12.5. The van der Waals surface area contributed by atoms with Crippen LogP contribution in [0.3, 0.4) is 0 Å². The summed E-state index contributed by atoms with van der Waals surface area (Å²) in [6.07, 6.45) is 1.15. The molecule has 0 bridgehead atoms. The fraction of sp³-hybridized carbons (Fsp3) is 0.235. The Labute approximate surface area is 134 Å². The lowest BCUT2D eigenvalue weighted by Crippen LogP contribution is -2.36. The molecule has 2 aromatic rings. The Kier molecular flexibility index (Phi) is 4.18. The maximum Gasteiger partial charge on any atom is 0.227 e. The Morgan fingerprint density at radius 3 is 2.38 bits per heavy atom. The molecule has 0 radical (unpaired) electrons. The Morgan fingerprint density at radius 1 is 1.00 bits per heavy atom. The highest BCUT2D eigenvalue weighted by atomic mass is 35.5. The average Bonchev–Trinajstić information content (AvgIpc) is 2.50. The van der Waals surface area contributed by atoms with Gasteiger partial charge in [-0.25, -0.2) is 0 Å². The van der Waals surface area contributed by atoms with E-state index in [1.807, 2.05) is 17.0 Å². The second kappa shape index (κ2) is 6.08. The van der Waals surface area contributed by atoms with E-state index in [4.69, 9.17) is 23.2 Å². The molecule has 0 saturated heterocycles. The normalized spacial score (nSPS) is 13.9. The lowest BCUT2D eigenvalue weighted by Gasteiger charge is -2.29. The molecule has 0 N–H and O–H groups in total. The number of rotatable bonds is 2. The van der Waals surface area contributed by atoms with Crippen molar-refractivity contribution in [2.45, 2.75) is 19.4 Å². The van der Waals surface area contributed by atoms with E-state index in [0.29, 0.717) is 22.2 Å². The molecule has 0 spiro atoms. The number of nitrogens with zero attached hydrogens (tertiary/aromatic N) is 1. The molecule has 0 atom stereocenters. The molecule has 1 heterocycles. The van der Waals surface area contributed by atoms with Crippen LogP contribution in [-0.2, 0) is 24.2 Å². The van der Waals surface area contributed by atoms with Crippen LogP contribution in [0.1, 0.15) is 16.7 Å². The summed E-state index contributed by atoms with van der Waals surface area (Å²) in [5.41, 5.74) is 3.27. The van der Waals surface area contributed by atoms with Gasteiger partial charge in [0, 0.05) is 23.1 Å². The van der Waals surface area contributed by atoms with E-state index in [1.54, 1.807) is 18.2 Å².